The number of rotatable bonds is 11. The molecule has 0 unspecified atom stereocenters. The summed E-state index contributed by atoms with van der Waals surface area (Å²) in [5.41, 5.74) is 1.41. The smallest absolute Gasteiger partial charge is 0.251 e. The van der Waals surface area contributed by atoms with Crippen LogP contribution in [0.5, 0.6) is 5.75 Å². The summed E-state index contributed by atoms with van der Waals surface area (Å²) in [6.07, 6.45) is 2.03. The zero-order chi connectivity index (χ0) is 20.9. The normalized spacial score (nSPS) is 10.1. The van der Waals surface area contributed by atoms with E-state index >= 15 is 0 Å². The van der Waals surface area contributed by atoms with Gasteiger partial charge in [-0.2, -0.15) is 0 Å². The zero-order valence-electron chi connectivity index (χ0n) is 16.6. The fourth-order valence-electron chi connectivity index (χ4n) is 2.40. The third-order valence-corrected chi connectivity index (χ3v) is 4.07. The van der Waals surface area contributed by atoms with Crippen molar-refractivity contribution >= 4 is 17.7 Å². The molecule has 0 heterocycles. The molecule has 154 valence electrons. The van der Waals surface area contributed by atoms with E-state index < -0.39 is 5.91 Å². The number of benzene rings is 2. The van der Waals surface area contributed by atoms with Crippen molar-refractivity contribution in [1.82, 2.24) is 16.0 Å². The second-order valence-corrected chi connectivity index (χ2v) is 6.45. The van der Waals surface area contributed by atoms with Crippen LogP contribution in [-0.2, 0) is 16.1 Å². The molecule has 2 rings (SSSR count). The van der Waals surface area contributed by atoms with Crippen LogP contribution in [0.1, 0.15) is 35.7 Å². The molecule has 3 amide bonds. The highest BCUT2D eigenvalue weighted by Crippen LogP contribution is 2.12. The van der Waals surface area contributed by atoms with Gasteiger partial charge in [0, 0.05) is 12.1 Å². The minimum atomic E-state index is -0.437. The zero-order valence-corrected chi connectivity index (χ0v) is 16.6. The van der Waals surface area contributed by atoms with Crippen LogP contribution in [0.4, 0.5) is 0 Å². The largest absolute Gasteiger partial charge is 0.494 e. The average Bonchev–Trinajstić information content (AvgIpc) is 2.76. The first kappa shape index (κ1) is 21.9. The average molecular weight is 397 g/mol. The Morgan fingerprint density at radius 2 is 1.48 bits per heavy atom. The molecule has 0 aliphatic heterocycles. The van der Waals surface area contributed by atoms with E-state index in [2.05, 4.69) is 22.9 Å². The maximum absolute atomic E-state index is 12.1. The number of unbranched alkanes of at least 4 members (excludes halogenated alkanes) is 1. The maximum Gasteiger partial charge on any atom is 0.251 e. The summed E-state index contributed by atoms with van der Waals surface area (Å²) in [6, 6.07) is 16.2. The standard InChI is InChI=1S/C22H27N3O4/c1-2-3-13-29-19-11-9-18(10-12-19)22(28)25-16-21(27)24-15-20(26)23-14-17-7-5-4-6-8-17/h4-12H,2-3,13-16H2,1H3,(H,23,26)(H,24,27)(H,25,28). The molecule has 3 N–H and O–H groups in total. The molecule has 0 aromatic heterocycles. The molecule has 0 saturated carbocycles. The van der Waals surface area contributed by atoms with Gasteiger partial charge in [-0.05, 0) is 36.2 Å². The molecule has 0 aliphatic rings. The highest BCUT2D eigenvalue weighted by molar-refractivity contribution is 5.96. The Balaban J connectivity index is 1.65. The molecule has 0 aliphatic carbocycles. The quantitative estimate of drug-likeness (QED) is 0.506. The van der Waals surface area contributed by atoms with E-state index in [-0.39, 0.29) is 24.9 Å². The minimum absolute atomic E-state index is 0.147. The van der Waals surface area contributed by atoms with Crippen LogP contribution in [0.2, 0.25) is 0 Å². The van der Waals surface area contributed by atoms with Crippen molar-refractivity contribution in [3.8, 4) is 5.75 Å². The van der Waals surface area contributed by atoms with E-state index in [1.54, 1.807) is 24.3 Å². The molecule has 2 aromatic carbocycles. The molecule has 0 fully saturated rings. The molecule has 0 saturated heterocycles. The number of hydrogen-bond donors (Lipinski definition) is 3. The van der Waals surface area contributed by atoms with E-state index in [9.17, 15) is 14.4 Å². The molecule has 29 heavy (non-hydrogen) atoms. The number of carbonyl (C=O) groups excluding carboxylic acids is 3. The Morgan fingerprint density at radius 3 is 2.17 bits per heavy atom. The van der Waals surface area contributed by atoms with Gasteiger partial charge in [0.15, 0.2) is 0 Å². The molecular formula is C22H27N3O4. The van der Waals surface area contributed by atoms with E-state index in [4.69, 9.17) is 4.74 Å². The molecule has 0 atom stereocenters. The van der Waals surface area contributed by atoms with Gasteiger partial charge in [0.1, 0.15) is 5.75 Å². The second kappa shape index (κ2) is 12.2. The van der Waals surface area contributed by atoms with Gasteiger partial charge in [-0.3, -0.25) is 14.4 Å². The van der Waals surface area contributed by atoms with Gasteiger partial charge in [-0.15, -0.1) is 0 Å². The number of carbonyl (C=O) groups is 3. The predicted molar refractivity (Wildman–Crippen MR) is 110 cm³/mol. The van der Waals surface area contributed by atoms with Crippen molar-refractivity contribution in [2.75, 3.05) is 19.7 Å². The van der Waals surface area contributed by atoms with Crippen molar-refractivity contribution in [2.45, 2.75) is 26.3 Å². The Morgan fingerprint density at radius 1 is 0.828 bits per heavy atom. The van der Waals surface area contributed by atoms with Gasteiger partial charge < -0.3 is 20.7 Å². The van der Waals surface area contributed by atoms with Gasteiger partial charge in [0.2, 0.25) is 11.8 Å². The third-order valence-electron chi connectivity index (χ3n) is 4.07. The Hall–Kier alpha value is -3.35. The van der Waals surface area contributed by atoms with Crippen LogP contribution in [0.3, 0.4) is 0 Å². The summed E-state index contributed by atoms with van der Waals surface area (Å²) in [6.45, 7) is 2.76. The lowest BCUT2D eigenvalue weighted by atomic mass is 10.2. The van der Waals surface area contributed by atoms with Gasteiger partial charge in [-0.1, -0.05) is 43.7 Å². The minimum Gasteiger partial charge on any atom is -0.494 e. The van der Waals surface area contributed by atoms with E-state index in [0.29, 0.717) is 24.5 Å². The lowest BCUT2D eigenvalue weighted by molar-refractivity contribution is -0.125. The van der Waals surface area contributed by atoms with Gasteiger partial charge in [-0.25, -0.2) is 0 Å². The fraction of sp³-hybridized carbons (Fsp3) is 0.318. The highest BCUT2D eigenvalue weighted by atomic mass is 16.5. The Kier molecular flexibility index (Phi) is 9.21. The molecule has 0 bridgehead atoms. The van der Waals surface area contributed by atoms with Crippen LogP contribution in [-0.4, -0.2) is 37.4 Å². The number of nitrogens with one attached hydrogen (secondary N) is 3. The summed E-state index contributed by atoms with van der Waals surface area (Å²) in [7, 11) is 0. The van der Waals surface area contributed by atoms with Crippen LogP contribution >= 0.6 is 0 Å². The van der Waals surface area contributed by atoms with Crippen molar-refractivity contribution in [3.05, 3.63) is 65.7 Å². The van der Waals surface area contributed by atoms with Crippen LogP contribution in [0.25, 0.3) is 0 Å². The summed E-state index contributed by atoms with van der Waals surface area (Å²) < 4.78 is 5.55. The number of ether oxygens (including phenoxy) is 1. The monoisotopic (exact) mass is 397 g/mol. The Labute approximate surface area is 170 Å². The van der Waals surface area contributed by atoms with Crippen molar-refractivity contribution in [3.63, 3.8) is 0 Å². The fourth-order valence-corrected chi connectivity index (χ4v) is 2.40. The van der Waals surface area contributed by atoms with Gasteiger partial charge >= 0.3 is 0 Å². The second-order valence-electron chi connectivity index (χ2n) is 6.45. The first-order chi connectivity index (χ1) is 14.1. The molecule has 0 radical (unpaired) electrons. The molecular weight excluding hydrogens is 370 g/mol. The van der Waals surface area contributed by atoms with Crippen LogP contribution in [0.15, 0.2) is 54.6 Å². The molecule has 0 spiro atoms. The van der Waals surface area contributed by atoms with Crippen LogP contribution < -0.4 is 20.7 Å². The van der Waals surface area contributed by atoms with Gasteiger partial charge in [0.25, 0.3) is 5.91 Å². The number of amides is 3. The van der Waals surface area contributed by atoms with E-state index in [0.717, 1.165) is 18.4 Å². The Bertz CT molecular complexity index is 791. The molecule has 2 aromatic rings. The third kappa shape index (κ3) is 8.47. The van der Waals surface area contributed by atoms with E-state index in [1.165, 1.54) is 0 Å². The summed E-state index contributed by atoms with van der Waals surface area (Å²) in [5, 5.41) is 7.72. The topological polar surface area (TPSA) is 96.5 Å². The van der Waals surface area contributed by atoms with Crippen molar-refractivity contribution < 1.29 is 19.1 Å². The first-order valence-electron chi connectivity index (χ1n) is 9.67. The lowest BCUT2D eigenvalue weighted by Crippen LogP contribution is -2.41. The predicted octanol–water partition coefficient (Wildman–Crippen LogP) is 2.03. The summed E-state index contributed by atoms with van der Waals surface area (Å²) in [4.78, 5) is 35.7. The van der Waals surface area contributed by atoms with Gasteiger partial charge in [0.05, 0.1) is 19.7 Å². The number of hydrogen-bond acceptors (Lipinski definition) is 4. The lowest BCUT2D eigenvalue weighted by Gasteiger charge is -2.09. The summed E-state index contributed by atoms with van der Waals surface area (Å²) in [5.74, 6) is -0.400. The van der Waals surface area contributed by atoms with E-state index in [1.807, 2.05) is 30.3 Å². The van der Waals surface area contributed by atoms with Crippen molar-refractivity contribution in [2.24, 2.45) is 0 Å². The highest BCUT2D eigenvalue weighted by Gasteiger charge is 2.09. The SMILES string of the molecule is CCCCOc1ccc(C(=O)NCC(=O)NCC(=O)NCc2ccccc2)cc1. The van der Waals surface area contributed by atoms with Crippen LogP contribution in [0, 0.1) is 0 Å². The summed E-state index contributed by atoms with van der Waals surface area (Å²) >= 11 is 0. The maximum atomic E-state index is 12.1. The molecule has 7 nitrogen and oxygen atoms in total. The first-order valence-corrected chi connectivity index (χ1v) is 9.67. The van der Waals surface area contributed by atoms with Crippen molar-refractivity contribution in [1.29, 1.82) is 0 Å². The molecule has 7 heteroatoms.